The Bertz CT molecular complexity index is 1430. The van der Waals surface area contributed by atoms with Crippen molar-refractivity contribution in [1.82, 2.24) is 19.3 Å². The van der Waals surface area contributed by atoms with Crippen LogP contribution in [0.25, 0.3) is 16.7 Å². The highest BCUT2D eigenvalue weighted by molar-refractivity contribution is 7.99. The van der Waals surface area contributed by atoms with Crippen molar-refractivity contribution in [2.24, 2.45) is 0 Å². The van der Waals surface area contributed by atoms with Crippen LogP contribution in [0.1, 0.15) is 23.6 Å². The Kier molecular flexibility index (Phi) is 5.05. The minimum Gasteiger partial charge on any atom is -0.326 e. The fourth-order valence-electron chi connectivity index (χ4n) is 3.85. The highest BCUT2D eigenvalue weighted by Crippen LogP contribution is 2.33. The van der Waals surface area contributed by atoms with Crippen LogP contribution in [-0.4, -0.2) is 31.0 Å². The number of nitrogens with one attached hydrogen (secondary N) is 1. The highest BCUT2D eigenvalue weighted by atomic mass is 32.2. The first-order valence-electron chi connectivity index (χ1n) is 10.2. The van der Waals surface area contributed by atoms with Crippen molar-refractivity contribution in [2.75, 3.05) is 11.1 Å². The molecule has 9 heteroatoms. The third-order valence-electron chi connectivity index (χ3n) is 5.59. The number of hydrogen-bond donors (Lipinski definition) is 1. The predicted molar refractivity (Wildman–Crippen MR) is 122 cm³/mol. The number of benzene rings is 2. The van der Waals surface area contributed by atoms with Gasteiger partial charge in [0.05, 0.1) is 17.9 Å². The second-order valence-electron chi connectivity index (χ2n) is 7.83. The van der Waals surface area contributed by atoms with E-state index in [-0.39, 0.29) is 29.7 Å². The number of anilines is 1. The standard InChI is InChI=1S/C23H20FN5O2S/c1-13-7-8-15(9-18(13)24)26-20(30)10-16-12-32-23-27-21-17(22(31)28(16)23)11-25-29(21)19-6-4-3-5-14(19)2/h3-9,11,16H,10,12H2,1-2H3,(H,26,30). The van der Waals surface area contributed by atoms with Crippen molar-refractivity contribution >= 4 is 34.4 Å². The molecule has 5 rings (SSSR count). The second kappa shape index (κ2) is 7.90. The molecule has 0 fully saturated rings. The molecule has 32 heavy (non-hydrogen) atoms. The Balaban J connectivity index is 1.44. The Morgan fingerprint density at radius 3 is 2.81 bits per heavy atom. The average Bonchev–Trinajstić information content (AvgIpc) is 3.36. The molecular formula is C23H20FN5O2S. The molecule has 162 valence electrons. The number of amides is 1. The van der Waals surface area contributed by atoms with Crippen LogP contribution in [0.2, 0.25) is 0 Å². The normalized spacial score (nSPS) is 15.2. The molecule has 0 saturated carbocycles. The van der Waals surface area contributed by atoms with E-state index in [1.165, 1.54) is 24.0 Å². The summed E-state index contributed by atoms with van der Waals surface area (Å²) in [6, 6.07) is 12.0. The molecule has 1 atom stereocenters. The number of aromatic nitrogens is 4. The monoisotopic (exact) mass is 449 g/mol. The summed E-state index contributed by atoms with van der Waals surface area (Å²) in [5.74, 6) is -0.102. The smallest absolute Gasteiger partial charge is 0.265 e. The maximum absolute atomic E-state index is 13.8. The lowest BCUT2D eigenvalue weighted by Gasteiger charge is -2.14. The predicted octanol–water partition coefficient (Wildman–Crippen LogP) is 4.01. The average molecular weight is 450 g/mol. The Hall–Kier alpha value is -3.46. The van der Waals surface area contributed by atoms with Crippen LogP contribution in [0.4, 0.5) is 10.1 Å². The first-order valence-corrected chi connectivity index (χ1v) is 11.2. The van der Waals surface area contributed by atoms with E-state index in [4.69, 9.17) is 4.98 Å². The van der Waals surface area contributed by atoms with Crippen molar-refractivity contribution in [3.63, 3.8) is 0 Å². The maximum Gasteiger partial charge on any atom is 0.265 e. The van der Waals surface area contributed by atoms with Crippen LogP contribution >= 0.6 is 11.8 Å². The van der Waals surface area contributed by atoms with E-state index in [0.717, 1.165) is 11.3 Å². The fraction of sp³-hybridized carbons (Fsp3) is 0.217. The molecule has 3 heterocycles. The summed E-state index contributed by atoms with van der Waals surface area (Å²) < 4.78 is 17.0. The molecule has 2 aromatic carbocycles. The maximum atomic E-state index is 13.8. The van der Waals surface area contributed by atoms with Crippen LogP contribution in [0.3, 0.4) is 0 Å². The van der Waals surface area contributed by atoms with Gasteiger partial charge in [-0.1, -0.05) is 36.0 Å². The number of nitrogens with zero attached hydrogens (tertiary/aromatic N) is 4. The molecule has 1 N–H and O–H groups in total. The number of aryl methyl sites for hydroxylation is 2. The summed E-state index contributed by atoms with van der Waals surface area (Å²) in [6.45, 7) is 3.64. The van der Waals surface area contributed by atoms with Crippen LogP contribution in [0.15, 0.2) is 58.6 Å². The number of fused-ring (bicyclic) bond motifs is 2. The molecule has 1 amide bonds. The van der Waals surface area contributed by atoms with E-state index < -0.39 is 0 Å². The van der Waals surface area contributed by atoms with Gasteiger partial charge in [0, 0.05) is 17.9 Å². The lowest BCUT2D eigenvalue weighted by Crippen LogP contribution is -2.27. The third kappa shape index (κ3) is 3.48. The summed E-state index contributed by atoms with van der Waals surface area (Å²) in [7, 11) is 0. The number of para-hydroxylation sites is 1. The van der Waals surface area contributed by atoms with E-state index in [1.54, 1.807) is 28.3 Å². The molecule has 2 aromatic heterocycles. The molecule has 1 aliphatic rings. The van der Waals surface area contributed by atoms with Crippen molar-refractivity contribution in [3.05, 3.63) is 76.0 Å². The van der Waals surface area contributed by atoms with Crippen molar-refractivity contribution < 1.29 is 9.18 Å². The quantitative estimate of drug-likeness (QED) is 0.476. The molecule has 0 radical (unpaired) electrons. The Morgan fingerprint density at radius 2 is 2.03 bits per heavy atom. The van der Waals surface area contributed by atoms with Gasteiger partial charge in [-0.05, 0) is 43.2 Å². The SMILES string of the molecule is Cc1ccc(NC(=O)CC2CSc3nc4c(cnn4-c4ccccc4C)c(=O)n32)cc1F. The molecule has 0 saturated heterocycles. The minimum absolute atomic E-state index is 0.0918. The van der Waals surface area contributed by atoms with E-state index in [0.29, 0.717) is 33.2 Å². The van der Waals surface area contributed by atoms with Crippen molar-refractivity contribution in [3.8, 4) is 5.69 Å². The van der Waals surface area contributed by atoms with Gasteiger partial charge in [-0.3, -0.25) is 14.2 Å². The fourth-order valence-corrected chi connectivity index (χ4v) is 4.99. The van der Waals surface area contributed by atoms with E-state index >= 15 is 0 Å². The topological polar surface area (TPSA) is 81.8 Å². The van der Waals surface area contributed by atoms with E-state index in [2.05, 4.69) is 10.4 Å². The van der Waals surface area contributed by atoms with Gasteiger partial charge in [0.15, 0.2) is 10.8 Å². The van der Waals surface area contributed by atoms with Gasteiger partial charge in [-0.25, -0.2) is 14.1 Å². The number of carbonyl (C=O) groups is 1. The zero-order valence-corrected chi connectivity index (χ0v) is 18.3. The van der Waals surface area contributed by atoms with Crippen molar-refractivity contribution in [2.45, 2.75) is 31.5 Å². The molecule has 1 unspecified atom stereocenters. The molecule has 0 bridgehead atoms. The van der Waals surface area contributed by atoms with Crippen LogP contribution in [0.5, 0.6) is 0 Å². The third-order valence-corrected chi connectivity index (χ3v) is 6.69. The van der Waals surface area contributed by atoms with Crippen LogP contribution in [0, 0.1) is 19.7 Å². The highest BCUT2D eigenvalue weighted by Gasteiger charge is 2.29. The number of rotatable bonds is 4. The number of thioether (sulfide) groups is 1. The Morgan fingerprint density at radius 1 is 1.22 bits per heavy atom. The lowest BCUT2D eigenvalue weighted by molar-refractivity contribution is -0.116. The van der Waals surface area contributed by atoms with Crippen LogP contribution < -0.4 is 10.9 Å². The molecule has 0 spiro atoms. The van der Waals surface area contributed by atoms with Gasteiger partial charge in [0.2, 0.25) is 5.91 Å². The molecule has 1 aliphatic heterocycles. The minimum atomic E-state index is -0.377. The molecule has 0 aliphatic carbocycles. The first kappa shape index (κ1) is 20.4. The molecular weight excluding hydrogens is 429 g/mol. The molecule has 7 nitrogen and oxygen atoms in total. The summed E-state index contributed by atoms with van der Waals surface area (Å²) >= 11 is 1.44. The van der Waals surface area contributed by atoms with Gasteiger partial charge < -0.3 is 5.32 Å². The summed E-state index contributed by atoms with van der Waals surface area (Å²) in [5.41, 5.74) is 3.08. The van der Waals surface area contributed by atoms with Gasteiger partial charge in [-0.2, -0.15) is 5.10 Å². The largest absolute Gasteiger partial charge is 0.326 e. The number of halogens is 1. The summed E-state index contributed by atoms with van der Waals surface area (Å²) in [5, 5.41) is 8.09. The van der Waals surface area contributed by atoms with Gasteiger partial charge in [-0.15, -0.1) is 0 Å². The van der Waals surface area contributed by atoms with Gasteiger partial charge in [0.25, 0.3) is 5.56 Å². The number of hydrogen-bond acceptors (Lipinski definition) is 5. The van der Waals surface area contributed by atoms with Crippen molar-refractivity contribution in [1.29, 1.82) is 0 Å². The van der Waals surface area contributed by atoms with E-state index in [9.17, 15) is 14.0 Å². The zero-order valence-electron chi connectivity index (χ0n) is 17.5. The summed E-state index contributed by atoms with van der Waals surface area (Å²) in [4.78, 5) is 30.5. The molecule has 4 aromatic rings. The Labute approximate surface area is 187 Å². The first-order chi connectivity index (χ1) is 15.4. The van der Waals surface area contributed by atoms with Gasteiger partial charge >= 0.3 is 0 Å². The van der Waals surface area contributed by atoms with Crippen LogP contribution in [-0.2, 0) is 4.79 Å². The summed E-state index contributed by atoms with van der Waals surface area (Å²) in [6.07, 6.45) is 1.62. The lowest BCUT2D eigenvalue weighted by atomic mass is 10.2. The zero-order chi connectivity index (χ0) is 22.4. The second-order valence-corrected chi connectivity index (χ2v) is 8.82. The number of carbonyl (C=O) groups excluding carboxylic acids is 1. The van der Waals surface area contributed by atoms with E-state index in [1.807, 2.05) is 31.2 Å². The van der Waals surface area contributed by atoms with Gasteiger partial charge in [0.1, 0.15) is 11.2 Å².